The number of fused-ring (bicyclic) bond motifs is 1. The number of amides is 1. The van der Waals surface area contributed by atoms with Gasteiger partial charge in [0.05, 0.1) is 31.8 Å². The maximum absolute atomic E-state index is 13.1. The highest BCUT2D eigenvalue weighted by atomic mass is 32.2. The number of piperazine rings is 1. The Labute approximate surface area is 147 Å². The smallest absolute Gasteiger partial charge is 0.259 e. The summed E-state index contributed by atoms with van der Waals surface area (Å²) in [5, 5.41) is 0. The fraction of sp³-hybridized carbons (Fsp3) is 0.625. The standard InChI is InChI=1S/C16H23N3O5S/c1-4-18-7-8-19(13-10-25(21,22)9-12(13)18)16(20)11-5-6-14(23-2)17-15(11)24-3/h5-6,12-13H,4,7-10H2,1-3H3. The molecule has 2 fully saturated rings. The fourth-order valence-electron chi connectivity index (χ4n) is 3.68. The number of likely N-dealkylation sites (N-methyl/N-ethyl adjacent to an activating group) is 1. The quantitative estimate of drug-likeness (QED) is 0.740. The maximum Gasteiger partial charge on any atom is 0.259 e. The number of rotatable bonds is 4. The third-order valence-corrected chi connectivity index (χ3v) is 6.62. The topological polar surface area (TPSA) is 89.0 Å². The number of methoxy groups -OCH3 is 2. The summed E-state index contributed by atoms with van der Waals surface area (Å²) in [5.74, 6) is 0.388. The van der Waals surface area contributed by atoms with Gasteiger partial charge in [-0.2, -0.15) is 4.98 Å². The van der Waals surface area contributed by atoms with Gasteiger partial charge >= 0.3 is 0 Å². The minimum atomic E-state index is -3.15. The molecule has 3 heterocycles. The van der Waals surface area contributed by atoms with Crippen LogP contribution in [0.15, 0.2) is 12.1 Å². The molecule has 0 N–H and O–H groups in total. The van der Waals surface area contributed by atoms with E-state index in [4.69, 9.17) is 9.47 Å². The van der Waals surface area contributed by atoms with Crippen LogP contribution in [0.1, 0.15) is 17.3 Å². The van der Waals surface area contributed by atoms with E-state index >= 15 is 0 Å². The Balaban J connectivity index is 1.92. The van der Waals surface area contributed by atoms with Crippen molar-refractivity contribution in [3.05, 3.63) is 17.7 Å². The molecule has 138 valence electrons. The number of sulfone groups is 1. The first kappa shape index (κ1) is 17.9. The van der Waals surface area contributed by atoms with Crippen LogP contribution in [-0.4, -0.2) is 86.6 Å². The largest absolute Gasteiger partial charge is 0.481 e. The van der Waals surface area contributed by atoms with Crippen LogP contribution >= 0.6 is 0 Å². The Hall–Kier alpha value is -1.87. The molecule has 25 heavy (non-hydrogen) atoms. The lowest BCUT2D eigenvalue weighted by Gasteiger charge is -2.43. The first-order chi connectivity index (χ1) is 11.9. The minimum absolute atomic E-state index is 0.00576. The Bertz CT molecular complexity index is 767. The molecule has 0 bridgehead atoms. The molecule has 3 rings (SSSR count). The van der Waals surface area contributed by atoms with Gasteiger partial charge < -0.3 is 14.4 Å². The van der Waals surface area contributed by atoms with Crippen LogP contribution in [0.5, 0.6) is 11.8 Å². The van der Waals surface area contributed by atoms with Crippen molar-refractivity contribution in [2.75, 3.05) is 45.4 Å². The van der Waals surface area contributed by atoms with Gasteiger partial charge in [-0.3, -0.25) is 9.69 Å². The van der Waals surface area contributed by atoms with Crippen LogP contribution in [0.3, 0.4) is 0 Å². The van der Waals surface area contributed by atoms with E-state index in [0.29, 0.717) is 24.5 Å². The van der Waals surface area contributed by atoms with E-state index < -0.39 is 9.84 Å². The van der Waals surface area contributed by atoms with E-state index in [2.05, 4.69) is 9.88 Å². The van der Waals surface area contributed by atoms with Crippen molar-refractivity contribution in [1.82, 2.24) is 14.8 Å². The predicted octanol–water partition coefficient (Wildman–Crippen LogP) is 0.0421. The lowest BCUT2D eigenvalue weighted by atomic mass is 10.0. The summed E-state index contributed by atoms with van der Waals surface area (Å²) in [6.45, 7) is 3.92. The van der Waals surface area contributed by atoms with Crippen LogP contribution in [0, 0.1) is 0 Å². The maximum atomic E-state index is 13.1. The number of carbonyl (C=O) groups excluding carboxylic acids is 1. The van der Waals surface area contributed by atoms with Gasteiger partial charge in [0.25, 0.3) is 5.91 Å². The van der Waals surface area contributed by atoms with Gasteiger partial charge in [-0.15, -0.1) is 0 Å². The molecule has 0 radical (unpaired) electrons. The average molecular weight is 369 g/mol. The molecule has 2 atom stereocenters. The summed E-state index contributed by atoms with van der Waals surface area (Å²) in [6.07, 6.45) is 0. The normalized spacial score (nSPS) is 25.5. The lowest BCUT2D eigenvalue weighted by Crippen LogP contribution is -2.60. The Morgan fingerprint density at radius 3 is 2.56 bits per heavy atom. The van der Waals surface area contributed by atoms with E-state index in [1.54, 1.807) is 17.0 Å². The first-order valence-corrected chi connectivity index (χ1v) is 10.1. The summed E-state index contributed by atoms with van der Waals surface area (Å²) < 4.78 is 34.6. The first-order valence-electron chi connectivity index (χ1n) is 8.24. The Morgan fingerprint density at radius 1 is 1.20 bits per heavy atom. The number of pyridine rings is 1. The van der Waals surface area contributed by atoms with Gasteiger partial charge in [0, 0.05) is 25.2 Å². The molecule has 2 aliphatic heterocycles. The number of hydrogen-bond acceptors (Lipinski definition) is 7. The van der Waals surface area contributed by atoms with Crippen molar-refractivity contribution in [3.8, 4) is 11.8 Å². The molecule has 9 heteroatoms. The number of ether oxygens (including phenoxy) is 2. The molecule has 8 nitrogen and oxygen atoms in total. The number of nitrogens with zero attached hydrogens (tertiary/aromatic N) is 3. The summed E-state index contributed by atoms with van der Waals surface area (Å²) in [6, 6.07) is 2.72. The van der Waals surface area contributed by atoms with Crippen molar-refractivity contribution in [2.24, 2.45) is 0 Å². The molecule has 1 amide bonds. The summed E-state index contributed by atoms with van der Waals surface area (Å²) in [5.41, 5.74) is 0.316. The third kappa shape index (κ3) is 3.30. The monoisotopic (exact) mass is 369 g/mol. The van der Waals surface area contributed by atoms with E-state index in [1.807, 2.05) is 6.92 Å². The molecule has 1 aromatic heterocycles. The lowest BCUT2D eigenvalue weighted by molar-refractivity contribution is 0.0346. The number of hydrogen-bond donors (Lipinski definition) is 0. The highest BCUT2D eigenvalue weighted by Crippen LogP contribution is 2.30. The van der Waals surface area contributed by atoms with E-state index in [0.717, 1.165) is 6.54 Å². The van der Waals surface area contributed by atoms with Crippen molar-refractivity contribution in [3.63, 3.8) is 0 Å². The molecular weight excluding hydrogens is 346 g/mol. The van der Waals surface area contributed by atoms with Crippen molar-refractivity contribution in [1.29, 1.82) is 0 Å². The van der Waals surface area contributed by atoms with E-state index in [1.165, 1.54) is 14.2 Å². The van der Waals surface area contributed by atoms with E-state index in [9.17, 15) is 13.2 Å². The van der Waals surface area contributed by atoms with Gasteiger partial charge in [-0.1, -0.05) is 6.92 Å². The van der Waals surface area contributed by atoms with Crippen LogP contribution in [-0.2, 0) is 9.84 Å². The van der Waals surface area contributed by atoms with E-state index in [-0.39, 0.29) is 35.4 Å². The molecule has 0 aliphatic carbocycles. The molecular formula is C16H23N3O5S. The average Bonchev–Trinajstić information content (AvgIpc) is 2.94. The number of aromatic nitrogens is 1. The van der Waals surface area contributed by atoms with Crippen LogP contribution in [0.2, 0.25) is 0 Å². The molecule has 2 saturated heterocycles. The third-order valence-electron chi connectivity index (χ3n) is 4.93. The molecule has 0 spiro atoms. The van der Waals surface area contributed by atoms with Gasteiger partial charge in [0.1, 0.15) is 5.56 Å². The van der Waals surface area contributed by atoms with Crippen LogP contribution in [0.4, 0.5) is 0 Å². The summed E-state index contributed by atoms with van der Waals surface area (Å²) in [7, 11) is -0.221. The second kappa shape index (κ2) is 6.80. The van der Waals surface area contributed by atoms with Crippen molar-refractivity contribution < 1.29 is 22.7 Å². The highest BCUT2D eigenvalue weighted by Gasteiger charge is 2.48. The molecule has 0 aromatic carbocycles. The van der Waals surface area contributed by atoms with Gasteiger partial charge in [0.15, 0.2) is 9.84 Å². The molecule has 0 saturated carbocycles. The van der Waals surface area contributed by atoms with Gasteiger partial charge in [0.2, 0.25) is 11.8 Å². The summed E-state index contributed by atoms with van der Waals surface area (Å²) >= 11 is 0. The zero-order valence-corrected chi connectivity index (χ0v) is 15.5. The SMILES string of the molecule is CCN1CCN(C(=O)c2ccc(OC)nc2OC)C2CS(=O)(=O)CC21. The van der Waals surface area contributed by atoms with Gasteiger partial charge in [-0.05, 0) is 12.6 Å². The predicted molar refractivity (Wildman–Crippen MR) is 91.9 cm³/mol. The summed E-state index contributed by atoms with van der Waals surface area (Å²) in [4.78, 5) is 21.0. The Morgan fingerprint density at radius 2 is 1.92 bits per heavy atom. The van der Waals surface area contributed by atoms with Crippen molar-refractivity contribution in [2.45, 2.75) is 19.0 Å². The second-order valence-electron chi connectivity index (χ2n) is 6.25. The van der Waals surface area contributed by atoms with Crippen molar-refractivity contribution >= 4 is 15.7 Å². The van der Waals surface area contributed by atoms with Gasteiger partial charge in [-0.25, -0.2) is 8.42 Å². The molecule has 2 unspecified atom stereocenters. The van der Waals surface area contributed by atoms with Crippen LogP contribution in [0.25, 0.3) is 0 Å². The minimum Gasteiger partial charge on any atom is -0.481 e. The Kier molecular flexibility index (Phi) is 4.88. The highest BCUT2D eigenvalue weighted by molar-refractivity contribution is 7.91. The zero-order chi connectivity index (χ0) is 18.2. The second-order valence-corrected chi connectivity index (χ2v) is 8.40. The van der Waals surface area contributed by atoms with Crippen LogP contribution < -0.4 is 9.47 Å². The molecule has 2 aliphatic rings. The molecule has 1 aromatic rings. The zero-order valence-electron chi connectivity index (χ0n) is 14.6. The fourth-order valence-corrected chi connectivity index (χ4v) is 5.69. The number of carbonyl (C=O) groups is 1.